The van der Waals surface area contributed by atoms with Gasteiger partial charge in [0.1, 0.15) is 5.75 Å². The second-order valence-electron chi connectivity index (χ2n) is 7.52. The molecule has 0 fully saturated rings. The highest BCUT2D eigenvalue weighted by atomic mass is 35.5. The Morgan fingerprint density at radius 2 is 1.85 bits per heavy atom. The van der Waals surface area contributed by atoms with Crippen molar-refractivity contribution < 1.29 is 14.6 Å². The van der Waals surface area contributed by atoms with Gasteiger partial charge in [-0.05, 0) is 76.2 Å². The van der Waals surface area contributed by atoms with Gasteiger partial charge in [-0.3, -0.25) is 5.10 Å². The number of H-pyrrole nitrogens is 1. The van der Waals surface area contributed by atoms with Crippen molar-refractivity contribution in [1.82, 2.24) is 10.2 Å². The molecule has 0 saturated heterocycles. The van der Waals surface area contributed by atoms with Crippen LogP contribution in [-0.4, -0.2) is 28.4 Å². The maximum absolute atomic E-state index is 10.9. The zero-order valence-corrected chi connectivity index (χ0v) is 19.1. The Labute approximate surface area is 197 Å². The Morgan fingerprint density at radius 1 is 1.09 bits per heavy atom. The van der Waals surface area contributed by atoms with Crippen molar-refractivity contribution in [3.63, 3.8) is 0 Å². The lowest BCUT2D eigenvalue weighted by Crippen LogP contribution is -1.97. The fraction of sp³-hybridized carbons (Fsp3) is 0.111. The van der Waals surface area contributed by atoms with Crippen molar-refractivity contribution >= 4 is 45.7 Å². The van der Waals surface area contributed by atoms with Crippen LogP contribution in [-0.2, 0) is 4.79 Å². The van der Waals surface area contributed by atoms with Crippen molar-refractivity contribution in [1.29, 1.82) is 0 Å². The minimum atomic E-state index is -0.976. The molecule has 0 saturated carbocycles. The lowest BCUT2D eigenvalue weighted by Gasteiger charge is -2.18. The largest absolute Gasteiger partial charge is 0.497 e. The summed E-state index contributed by atoms with van der Waals surface area (Å²) in [5.74, 6) is -0.273. The van der Waals surface area contributed by atoms with Crippen LogP contribution in [0.5, 0.6) is 5.75 Å². The number of carbonyl (C=O) groups is 1. The number of hydrogen-bond acceptors (Lipinski definition) is 3. The van der Waals surface area contributed by atoms with E-state index < -0.39 is 5.97 Å². The standard InChI is InChI=1S/C27H23ClN2O3/c1-3-22(23-11-10-21(33-2)15-24(23)28)27(19-9-12-25-20(14-19)16-29-30-25)18-7-4-17(5-8-18)6-13-26(31)32/h4-16H,3H2,1-2H3,(H,29,30)(H,31,32). The van der Waals surface area contributed by atoms with E-state index in [4.69, 9.17) is 21.4 Å². The third-order valence-electron chi connectivity index (χ3n) is 5.50. The van der Waals surface area contributed by atoms with Crippen LogP contribution in [0.1, 0.15) is 35.6 Å². The quantitative estimate of drug-likeness (QED) is 0.239. The normalized spacial score (nSPS) is 12.2. The minimum Gasteiger partial charge on any atom is -0.497 e. The summed E-state index contributed by atoms with van der Waals surface area (Å²) in [6.07, 6.45) is 5.27. The Bertz CT molecular complexity index is 1370. The highest BCUT2D eigenvalue weighted by Crippen LogP contribution is 2.39. The molecule has 1 heterocycles. The van der Waals surface area contributed by atoms with Crippen LogP contribution < -0.4 is 4.74 Å². The Balaban J connectivity index is 1.92. The van der Waals surface area contributed by atoms with Gasteiger partial charge in [-0.25, -0.2) is 4.79 Å². The van der Waals surface area contributed by atoms with E-state index in [0.29, 0.717) is 10.8 Å². The summed E-state index contributed by atoms with van der Waals surface area (Å²) in [6, 6.07) is 19.7. The van der Waals surface area contributed by atoms with Crippen LogP contribution in [0.4, 0.5) is 0 Å². The average Bonchev–Trinajstić information content (AvgIpc) is 3.30. The van der Waals surface area contributed by atoms with Crippen molar-refractivity contribution in [2.75, 3.05) is 7.11 Å². The number of nitrogens with zero attached hydrogens (tertiary/aromatic N) is 1. The predicted octanol–water partition coefficient (Wildman–Crippen LogP) is 6.69. The van der Waals surface area contributed by atoms with E-state index in [1.165, 1.54) is 0 Å². The van der Waals surface area contributed by atoms with Gasteiger partial charge in [-0.1, -0.05) is 48.9 Å². The second-order valence-corrected chi connectivity index (χ2v) is 7.93. The molecule has 0 unspecified atom stereocenters. The third kappa shape index (κ3) is 4.83. The number of rotatable bonds is 7. The molecule has 0 amide bonds. The topological polar surface area (TPSA) is 75.2 Å². The molecule has 6 heteroatoms. The fourth-order valence-electron chi connectivity index (χ4n) is 3.91. The zero-order valence-electron chi connectivity index (χ0n) is 18.3. The predicted molar refractivity (Wildman–Crippen MR) is 133 cm³/mol. The molecule has 0 atom stereocenters. The van der Waals surface area contributed by atoms with Gasteiger partial charge in [-0.2, -0.15) is 5.10 Å². The number of methoxy groups -OCH3 is 1. The Hall–Kier alpha value is -3.83. The molecule has 0 aliphatic heterocycles. The molecule has 3 aromatic carbocycles. The van der Waals surface area contributed by atoms with Crippen LogP contribution in [0.2, 0.25) is 5.02 Å². The molecule has 4 rings (SSSR count). The highest BCUT2D eigenvalue weighted by molar-refractivity contribution is 6.33. The first kappa shape index (κ1) is 22.4. The number of allylic oxidation sites excluding steroid dienone is 1. The maximum Gasteiger partial charge on any atom is 0.328 e. The molecule has 0 aliphatic rings. The summed E-state index contributed by atoms with van der Waals surface area (Å²) in [5, 5.41) is 17.7. The third-order valence-corrected chi connectivity index (χ3v) is 5.82. The molecule has 166 valence electrons. The minimum absolute atomic E-state index is 0.620. The Kier molecular flexibility index (Phi) is 6.61. The number of halogens is 1. The number of carboxylic acid groups (broad SMARTS) is 1. The number of benzene rings is 3. The van der Waals surface area contributed by atoms with Crippen molar-refractivity contribution in [2.45, 2.75) is 13.3 Å². The molecule has 0 aliphatic carbocycles. The van der Waals surface area contributed by atoms with Gasteiger partial charge >= 0.3 is 5.97 Å². The molecule has 5 nitrogen and oxygen atoms in total. The van der Waals surface area contributed by atoms with Crippen LogP contribution in [0.25, 0.3) is 28.1 Å². The van der Waals surface area contributed by atoms with Crippen molar-refractivity contribution in [3.8, 4) is 5.75 Å². The lowest BCUT2D eigenvalue weighted by atomic mass is 9.87. The first-order chi connectivity index (χ1) is 16.0. The number of aromatic nitrogens is 2. The van der Waals surface area contributed by atoms with Crippen LogP contribution in [0.3, 0.4) is 0 Å². The SMILES string of the molecule is CCC(=C(c1ccc(C=CC(=O)O)cc1)c1ccc2[nH]ncc2c1)c1ccc(OC)cc1Cl. The molecule has 1 aromatic heterocycles. The summed E-state index contributed by atoms with van der Waals surface area (Å²) in [4.78, 5) is 10.9. The van der Waals surface area contributed by atoms with Gasteiger partial charge in [0.15, 0.2) is 0 Å². The summed E-state index contributed by atoms with van der Waals surface area (Å²) < 4.78 is 5.33. The van der Waals surface area contributed by atoms with Gasteiger partial charge in [0.25, 0.3) is 0 Å². The smallest absolute Gasteiger partial charge is 0.328 e. The van der Waals surface area contributed by atoms with Crippen LogP contribution >= 0.6 is 11.6 Å². The number of fused-ring (bicyclic) bond motifs is 1. The second kappa shape index (κ2) is 9.76. The zero-order chi connectivity index (χ0) is 23.4. The molecule has 4 aromatic rings. The average molecular weight is 459 g/mol. The lowest BCUT2D eigenvalue weighted by molar-refractivity contribution is -0.131. The van der Waals surface area contributed by atoms with Crippen LogP contribution in [0, 0.1) is 0 Å². The number of aromatic amines is 1. The number of carboxylic acids is 1. The van der Waals surface area contributed by atoms with Crippen molar-refractivity contribution in [3.05, 3.63) is 100 Å². The van der Waals surface area contributed by atoms with Gasteiger partial charge < -0.3 is 9.84 Å². The molecule has 0 radical (unpaired) electrons. The van der Waals surface area contributed by atoms with Gasteiger partial charge in [-0.15, -0.1) is 0 Å². The molecule has 2 N–H and O–H groups in total. The fourth-order valence-corrected chi connectivity index (χ4v) is 4.20. The van der Waals surface area contributed by atoms with Gasteiger partial charge in [0, 0.05) is 11.5 Å². The molecule has 0 bridgehead atoms. The van der Waals surface area contributed by atoms with E-state index in [1.807, 2.05) is 54.7 Å². The molecular weight excluding hydrogens is 436 g/mol. The number of ether oxygens (including phenoxy) is 1. The summed E-state index contributed by atoms with van der Waals surface area (Å²) >= 11 is 6.68. The first-order valence-electron chi connectivity index (χ1n) is 10.5. The highest BCUT2D eigenvalue weighted by Gasteiger charge is 2.16. The van der Waals surface area contributed by atoms with E-state index in [9.17, 15) is 4.79 Å². The maximum atomic E-state index is 10.9. The number of hydrogen-bond donors (Lipinski definition) is 2. The van der Waals surface area contributed by atoms with Crippen molar-refractivity contribution in [2.24, 2.45) is 0 Å². The summed E-state index contributed by atoms with van der Waals surface area (Å²) in [7, 11) is 1.62. The van der Waals surface area contributed by atoms with E-state index in [-0.39, 0.29) is 0 Å². The van der Waals surface area contributed by atoms with Gasteiger partial charge in [0.05, 0.1) is 23.8 Å². The van der Waals surface area contributed by atoms with E-state index in [2.05, 4.69) is 29.3 Å². The Morgan fingerprint density at radius 3 is 2.52 bits per heavy atom. The van der Waals surface area contributed by atoms with E-state index in [0.717, 1.165) is 56.8 Å². The van der Waals surface area contributed by atoms with Gasteiger partial charge in [0.2, 0.25) is 0 Å². The number of aliphatic carboxylic acids is 1. The van der Waals surface area contributed by atoms with E-state index in [1.54, 1.807) is 13.2 Å². The summed E-state index contributed by atoms with van der Waals surface area (Å²) in [5.41, 5.74) is 6.92. The molecule has 33 heavy (non-hydrogen) atoms. The number of nitrogens with one attached hydrogen (secondary N) is 1. The molecular formula is C27H23ClN2O3. The first-order valence-corrected chi connectivity index (χ1v) is 10.9. The summed E-state index contributed by atoms with van der Waals surface area (Å²) in [6.45, 7) is 2.11. The van der Waals surface area contributed by atoms with Crippen LogP contribution in [0.15, 0.2) is 72.9 Å². The van der Waals surface area contributed by atoms with E-state index >= 15 is 0 Å². The molecule has 0 spiro atoms. The monoisotopic (exact) mass is 458 g/mol.